The highest BCUT2D eigenvalue weighted by Gasteiger charge is 2.14. The molecule has 134 valence electrons. The summed E-state index contributed by atoms with van der Waals surface area (Å²) in [6.07, 6.45) is 7.24. The van der Waals surface area contributed by atoms with Gasteiger partial charge in [0.2, 0.25) is 5.91 Å². The van der Waals surface area contributed by atoms with Crippen molar-refractivity contribution in [3.8, 4) is 6.07 Å². The molecule has 0 atom stereocenters. The zero-order chi connectivity index (χ0) is 18.2. The number of aromatic nitrogens is 1. The first-order chi connectivity index (χ1) is 12.8. The molecule has 2 aromatic rings. The summed E-state index contributed by atoms with van der Waals surface area (Å²) in [7, 11) is 0. The first-order valence-electron chi connectivity index (χ1n) is 9.17. The summed E-state index contributed by atoms with van der Waals surface area (Å²) in [5, 5.41) is 13.1. The second-order valence-corrected chi connectivity index (χ2v) is 7.57. The number of carbonyl (C=O) groups is 1. The molecular weight excluding hydrogens is 342 g/mol. The maximum Gasteiger partial charge on any atom is 0.225 e. The molecule has 1 aromatic heterocycles. The van der Waals surface area contributed by atoms with E-state index in [0.717, 1.165) is 35.7 Å². The quantitative estimate of drug-likeness (QED) is 0.778. The average molecular weight is 366 g/mol. The molecule has 1 amide bonds. The first kappa shape index (κ1) is 18.5. The topological polar surface area (TPSA) is 65.8 Å². The predicted octanol–water partition coefficient (Wildman–Crippen LogP) is 4.73. The maximum absolute atomic E-state index is 12.1. The van der Waals surface area contributed by atoms with Crippen LogP contribution in [0.25, 0.3) is 0 Å². The summed E-state index contributed by atoms with van der Waals surface area (Å²) in [6.45, 7) is 0. The summed E-state index contributed by atoms with van der Waals surface area (Å²) in [5.41, 5.74) is 3.81. The number of aryl methyl sites for hydroxylation is 2. The van der Waals surface area contributed by atoms with E-state index in [9.17, 15) is 10.1 Å². The number of fused-ring (bicyclic) bond motifs is 1. The molecule has 1 aliphatic rings. The lowest BCUT2D eigenvalue weighted by Crippen LogP contribution is -2.12. The molecule has 3 rings (SSSR count). The Labute approximate surface area is 159 Å². The van der Waals surface area contributed by atoms with Crippen molar-refractivity contribution in [2.75, 3.05) is 11.1 Å². The van der Waals surface area contributed by atoms with Gasteiger partial charge < -0.3 is 5.32 Å². The lowest BCUT2D eigenvalue weighted by molar-refractivity contribution is -0.115. The lowest BCUT2D eigenvalue weighted by atomic mass is 9.96. The highest BCUT2D eigenvalue weighted by atomic mass is 32.2. The van der Waals surface area contributed by atoms with Gasteiger partial charge in [-0.15, -0.1) is 11.8 Å². The van der Waals surface area contributed by atoms with E-state index in [1.807, 2.05) is 36.4 Å². The van der Waals surface area contributed by atoms with Gasteiger partial charge in [-0.05, 0) is 49.4 Å². The molecule has 1 heterocycles. The largest absolute Gasteiger partial charge is 0.326 e. The lowest BCUT2D eigenvalue weighted by Gasteiger charge is -2.15. The van der Waals surface area contributed by atoms with Crippen LogP contribution in [0.3, 0.4) is 0 Å². The monoisotopic (exact) mass is 365 g/mol. The van der Waals surface area contributed by atoms with Crippen molar-refractivity contribution in [1.29, 1.82) is 5.26 Å². The third kappa shape index (κ3) is 5.09. The zero-order valence-electron chi connectivity index (χ0n) is 14.8. The Hall–Kier alpha value is -2.32. The molecule has 5 heteroatoms. The van der Waals surface area contributed by atoms with Crippen LogP contribution in [0.2, 0.25) is 0 Å². The third-order valence-corrected chi connectivity index (χ3v) is 5.50. The number of amides is 1. The number of nitriles is 1. The molecule has 0 radical (unpaired) electrons. The van der Waals surface area contributed by atoms with E-state index < -0.39 is 0 Å². The van der Waals surface area contributed by atoms with E-state index in [2.05, 4.69) is 11.4 Å². The number of nitrogens with zero attached hydrogens (tertiary/aromatic N) is 2. The molecule has 0 spiro atoms. The molecular formula is C21H23N3OS. The van der Waals surface area contributed by atoms with Crippen molar-refractivity contribution in [1.82, 2.24) is 4.98 Å². The average Bonchev–Trinajstić information content (AvgIpc) is 2.63. The van der Waals surface area contributed by atoms with Gasteiger partial charge in [-0.2, -0.15) is 5.26 Å². The van der Waals surface area contributed by atoms with Gasteiger partial charge in [0.05, 0.1) is 5.56 Å². The molecule has 1 N–H and O–H groups in total. The molecule has 0 aliphatic heterocycles. The summed E-state index contributed by atoms with van der Waals surface area (Å²) in [6, 6.07) is 13.7. The van der Waals surface area contributed by atoms with Crippen LogP contribution < -0.4 is 5.32 Å². The number of nitrogens with one attached hydrogen (secondary N) is 1. The zero-order valence-corrected chi connectivity index (χ0v) is 15.6. The van der Waals surface area contributed by atoms with Crippen molar-refractivity contribution in [2.24, 2.45) is 0 Å². The minimum absolute atomic E-state index is 0.0199. The van der Waals surface area contributed by atoms with E-state index in [0.29, 0.717) is 17.7 Å². The van der Waals surface area contributed by atoms with Crippen molar-refractivity contribution < 1.29 is 4.79 Å². The first-order valence-corrected chi connectivity index (χ1v) is 10.2. The Morgan fingerprint density at radius 2 is 1.92 bits per heavy atom. The second kappa shape index (κ2) is 9.40. The molecule has 0 saturated carbocycles. The van der Waals surface area contributed by atoms with Crippen LogP contribution in [0.15, 0.2) is 41.4 Å². The van der Waals surface area contributed by atoms with Gasteiger partial charge in [-0.25, -0.2) is 4.98 Å². The van der Waals surface area contributed by atoms with Gasteiger partial charge in [0, 0.05) is 23.6 Å². The van der Waals surface area contributed by atoms with Gasteiger partial charge in [-0.1, -0.05) is 31.0 Å². The number of pyridine rings is 1. The Bertz CT molecular complexity index is 799. The molecule has 4 nitrogen and oxygen atoms in total. The van der Waals surface area contributed by atoms with E-state index in [1.165, 1.54) is 36.6 Å². The van der Waals surface area contributed by atoms with Crippen molar-refractivity contribution >= 4 is 23.4 Å². The molecule has 0 saturated heterocycles. The van der Waals surface area contributed by atoms with Crippen LogP contribution in [-0.2, 0) is 17.6 Å². The SMILES string of the molecule is N#Cc1cc2c(nc1SCCC(=O)Nc1ccccc1)CCCCCC2. The van der Waals surface area contributed by atoms with Crippen molar-refractivity contribution in [3.05, 3.63) is 53.2 Å². The fraction of sp³-hybridized carbons (Fsp3) is 0.381. The molecule has 1 aromatic carbocycles. The van der Waals surface area contributed by atoms with Crippen molar-refractivity contribution in [3.63, 3.8) is 0 Å². The Kier molecular flexibility index (Phi) is 6.68. The number of rotatable bonds is 5. The summed E-state index contributed by atoms with van der Waals surface area (Å²) >= 11 is 1.50. The number of hydrogen-bond donors (Lipinski definition) is 1. The predicted molar refractivity (Wildman–Crippen MR) is 105 cm³/mol. The van der Waals surface area contributed by atoms with Gasteiger partial charge in [0.25, 0.3) is 0 Å². The van der Waals surface area contributed by atoms with E-state index in [1.54, 1.807) is 0 Å². The van der Waals surface area contributed by atoms with Crippen LogP contribution in [-0.4, -0.2) is 16.6 Å². The van der Waals surface area contributed by atoms with Gasteiger partial charge >= 0.3 is 0 Å². The van der Waals surface area contributed by atoms with Crippen LogP contribution in [0, 0.1) is 11.3 Å². The molecule has 0 bridgehead atoms. The Morgan fingerprint density at radius 3 is 2.69 bits per heavy atom. The van der Waals surface area contributed by atoms with Crippen molar-refractivity contribution in [2.45, 2.75) is 50.0 Å². The summed E-state index contributed by atoms with van der Waals surface area (Å²) in [5.74, 6) is 0.590. The minimum atomic E-state index is -0.0199. The Balaban J connectivity index is 1.61. The highest BCUT2D eigenvalue weighted by Crippen LogP contribution is 2.27. The highest BCUT2D eigenvalue weighted by molar-refractivity contribution is 7.99. The normalized spacial score (nSPS) is 13.8. The second-order valence-electron chi connectivity index (χ2n) is 6.49. The maximum atomic E-state index is 12.1. The summed E-state index contributed by atoms with van der Waals surface area (Å²) in [4.78, 5) is 16.8. The molecule has 26 heavy (non-hydrogen) atoms. The van der Waals surface area contributed by atoms with E-state index in [4.69, 9.17) is 4.98 Å². The number of hydrogen-bond acceptors (Lipinski definition) is 4. The summed E-state index contributed by atoms with van der Waals surface area (Å²) < 4.78 is 0. The van der Waals surface area contributed by atoms with E-state index in [-0.39, 0.29) is 5.91 Å². The number of carbonyl (C=O) groups excluding carboxylic acids is 1. The number of para-hydroxylation sites is 1. The van der Waals surface area contributed by atoms with E-state index >= 15 is 0 Å². The number of benzene rings is 1. The van der Waals surface area contributed by atoms with Crippen LogP contribution in [0.4, 0.5) is 5.69 Å². The van der Waals surface area contributed by atoms with Gasteiger partial charge in [0.1, 0.15) is 11.1 Å². The fourth-order valence-corrected chi connectivity index (χ4v) is 4.06. The van der Waals surface area contributed by atoms with Gasteiger partial charge in [-0.3, -0.25) is 4.79 Å². The van der Waals surface area contributed by atoms with Crippen LogP contribution in [0.5, 0.6) is 0 Å². The Morgan fingerprint density at radius 1 is 1.15 bits per heavy atom. The number of anilines is 1. The van der Waals surface area contributed by atoms with Crippen LogP contribution >= 0.6 is 11.8 Å². The van der Waals surface area contributed by atoms with Crippen LogP contribution in [0.1, 0.15) is 48.9 Å². The minimum Gasteiger partial charge on any atom is -0.326 e. The fourth-order valence-electron chi connectivity index (χ4n) is 3.14. The smallest absolute Gasteiger partial charge is 0.225 e. The molecule has 1 aliphatic carbocycles. The molecule has 0 fully saturated rings. The molecule has 0 unspecified atom stereocenters. The number of thioether (sulfide) groups is 1. The standard InChI is InChI=1S/C21H23N3OS/c22-15-17-14-16-8-4-1-2-7-11-19(16)24-21(17)26-13-12-20(25)23-18-9-5-3-6-10-18/h3,5-6,9-10,14H,1-2,4,7-8,11-13H2,(H,23,25). The third-order valence-electron chi connectivity index (χ3n) is 4.51. The van der Waals surface area contributed by atoms with Gasteiger partial charge in [0.15, 0.2) is 0 Å².